The minimum absolute atomic E-state index is 0.145. The molecule has 0 spiro atoms. The van der Waals surface area contributed by atoms with E-state index in [9.17, 15) is 4.79 Å². The fourth-order valence-corrected chi connectivity index (χ4v) is 2.27. The number of carbonyl (C=O) groups is 1. The number of nitrogens with zero attached hydrogens (tertiary/aromatic N) is 1. The minimum Gasteiger partial charge on any atom is -0.461 e. The SMILES string of the molecule is Cc1ccccc1C[C@H](N=Cc1ccccc1)C(=O)OC(C)C. The summed E-state index contributed by atoms with van der Waals surface area (Å²) >= 11 is 0. The highest BCUT2D eigenvalue weighted by Gasteiger charge is 2.20. The molecule has 23 heavy (non-hydrogen) atoms. The molecule has 0 saturated heterocycles. The molecular weight excluding hydrogens is 286 g/mol. The number of hydrogen-bond acceptors (Lipinski definition) is 3. The number of ether oxygens (including phenoxy) is 1. The van der Waals surface area contributed by atoms with Crippen molar-refractivity contribution >= 4 is 12.2 Å². The monoisotopic (exact) mass is 309 g/mol. The third-order valence-corrected chi connectivity index (χ3v) is 3.50. The Bertz CT molecular complexity index is 662. The number of esters is 1. The van der Waals surface area contributed by atoms with Crippen molar-refractivity contribution in [2.45, 2.75) is 39.3 Å². The second kappa shape index (κ2) is 8.28. The fourth-order valence-electron chi connectivity index (χ4n) is 2.27. The molecule has 3 nitrogen and oxygen atoms in total. The number of rotatable bonds is 6. The van der Waals surface area contributed by atoms with E-state index in [-0.39, 0.29) is 12.1 Å². The Hall–Kier alpha value is -2.42. The molecule has 0 heterocycles. The highest BCUT2D eigenvalue weighted by molar-refractivity contribution is 5.84. The largest absolute Gasteiger partial charge is 0.461 e. The van der Waals surface area contributed by atoms with Gasteiger partial charge in [-0.3, -0.25) is 4.99 Å². The van der Waals surface area contributed by atoms with Crippen molar-refractivity contribution in [3.63, 3.8) is 0 Å². The van der Waals surface area contributed by atoms with Crippen molar-refractivity contribution in [1.82, 2.24) is 0 Å². The van der Waals surface area contributed by atoms with Gasteiger partial charge in [-0.25, -0.2) is 4.79 Å². The molecule has 0 radical (unpaired) electrons. The summed E-state index contributed by atoms with van der Waals surface area (Å²) in [6.45, 7) is 5.74. The molecular formula is C20H23NO2. The third-order valence-electron chi connectivity index (χ3n) is 3.50. The normalized spacial score (nSPS) is 12.5. The van der Waals surface area contributed by atoms with Gasteiger partial charge in [-0.1, -0.05) is 54.6 Å². The summed E-state index contributed by atoms with van der Waals surface area (Å²) in [5, 5.41) is 0. The topological polar surface area (TPSA) is 38.7 Å². The molecule has 1 atom stereocenters. The minimum atomic E-state index is -0.529. The van der Waals surface area contributed by atoms with Gasteiger partial charge in [0.05, 0.1) is 6.10 Å². The van der Waals surface area contributed by atoms with Crippen LogP contribution in [-0.4, -0.2) is 24.3 Å². The van der Waals surface area contributed by atoms with Crippen LogP contribution in [0.15, 0.2) is 59.6 Å². The number of carbonyl (C=O) groups excluding carboxylic acids is 1. The van der Waals surface area contributed by atoms with Gasteiger partial charge in [0.2, 0.25) is 0 Å². The van der Waals surface area contributed by atoms with Crippen molar-refractivity contribution in [2.24, 2.45) is 4.99 Å². The second-order valence-electron chi connectivity index (χ2n) is 5.82. The van der Waals surface area contributed by atoms with Crippen LogP contribution in [0.5, 0.6) is 0 Å². The highest BCUT2D eigenvalue weighted by Crippen LogP contribution is 2.13. The van der Waals surface area contributed by atoms with Gasteiger partial charge in [0.25, 0.3) is 0 Å². The molecule has 2 rings (SSSR count). The molecule has 2 aromatic carbocycles. The lowest BCUT2D eigenvalue weighted by molar-refractivity contribution is -0.148. The summed E-state index contributed by atoms with van der Waals surface area (Å²) < 4.78 is 5.36. The Morgan fingerprint density at radius 2 is 1.74 bits per heavy atom. The van der Waals surface area contributed by atoms with E-state index in [1.54, 1.807) is 6.21 Å². The lowest BCUT2D eigenvalue weighted by atomic mass is 10.0. The third kappa shape index (κ3) is 5.37. The van der Waals surface area contributed by atoms with Crippen LogP contribution in [0.4, 0.5) is 0 Å². The number of aryl methyl sites for hydroxylation is 1. The molecule has 0 aliphatic carbocycles. The van der Waals surface area contributed by atoms with Gasteiger partial charge in [-0.15, -0.1) is 0 Å². The van der Waals surface area contributed by atoms with Gasteiger partial charge in [0.1, 0.15) is 0 Å². The first-order valence-electron chi connectivity index (χ1n) is 7.89. The molecule has 0 aliphatic rings. The van der Waals surface area contributed by atoms with Crippen molar-refractivity contribution < 1.29 is 9.53 Å². The van der Waals surface area contributed by atoms with E-state index in [4.69, 9.17) is 4.74 Å². The zero-order valence-corrected chi connectivity index (χ0v) is 13.9. The Morgan fingerprint density at radius 3 is 2.39 bits per heavy atom. The van der Waals surface area contributed by atoms with Crippen LogP contribution >= 0.6 is 0 Å². The van der Waals surface area contributed by atoms with Gasteiger partial charge >= 0.3 is 5.97 Å². The van der Waals surface area contributed by atoms with E-state index in [1.807, 2.05) is 75.4 Å². The van der Waals surface area contributed by atoms with E-state index in [1.165, 1.54) is 0 Å². The van der Waals surface area contributed by atoms with Gasteiger partial charge < -0.3 is 4.74 Å². The van der Waals surface area contributed by atoms with Crippen molar-refractivity contribution in [2.75, 3.05) is 0 Å². The molecule has 2 aromatic rings. The average Bonchev–Trinajstić information content (AvgIpc) is 2.53. The van der Waals surface area contributed by atoms with Crippen LogP contribution in [0.1, 0.15) is 30.5 Å². The summed E-state index contributed by atoms with van der Waals surface area (Å²) in [4.78, 5) is 16.8. The van der Waals surface area contributed by atoms with Crippen molar-refractivity contribution in [3.05, 3.63) is 71.3 Å². The molecule has 0 aliphatic heterocycles. The molecule has 0 aromatic heterocycles. The second-order valence-corrected chi connectivity index (χ2v) is 5.82. The summed E-state index contributed by atoms with van der Waals surface area (Å²) in [6.07, 6.45) is 2.14. The maximum Gasteiger partial charge on any atom is 0.331 e. The summed E-state index contributed by atoms with van der Waals surface area (Å²) in [7, 11) is 0. The standard InChI is InChI=1S/C20H23NO2/c1-15(2)23-20(22)19(13-18-12-8-7-9-16(18)3)21-14-17-10-5-4-6-11-17/h4-12,14-15,19H,13H2,1-3H3/t19-/m0/s1. The van der Waals surface area contributed by atoms with Crippen molar-refractivity contribution in [3.8, 4) is 0 Å². The molecule has 0 amide bonds. The lowest BCUT2D eigenvalue weighted by Crippen LogP contribution is -2.27. The smallest absolute Gasteiger partial charge is 0.331 e. The van der Waals surface area contributed by atoms with Crippen molar-refractivity contribution in [1.29, 1.82) is 0 Å². The predicted octanol–water partition coefficient (Wildman–Crippen LogP) is 3.98. The van der Waals surface area contributed by atoms with Crippen LogP contribution in [0.3, 0.4) is 0 Å². The Kier molecular flexibility index (Phi) is 6.10. The molecule has 0 fully saturated rings. The lowest BCUT2D eigenvalue weighted by Gasteiger charge is -2.15. The number of hydrogen-bond donors (Lipinski definition) is 0. The van der Waals surface area contributed by atoms with Crippen LogP contribution in [0.25, 0.3) is 0 Å². The van der Waals surface area contributed by atoms with Gasteiger partial charge in [-0.2, -0.15) is 0 Å². The molecule has 0 saturated carbocycles. The quantitative estimate of drug-likeness (QED) is 0.598. The zero-order chi connectivity index (χ0) is 16.7. The van der Waals surface area contributed by atoms with E-state index in [0.29, 0.717) is 6.42 Å². The number of aliphatic imine (C=N–C) groups is 1. The van der Waals surface area contributed by atoms with E-state index in [2.05, 4.69) is 4.99 Å². The van der Waals surface area contributed by atoms with Gasteiger partial charge in [-0.05, 0) is 37.5 Å². The average molecular weight is 309 g/mol. The molecule has 0 unspecified atom stereocenters. The Labute approximate surface area is 138 Å². The molecule has 120 valence electrons. The molecule has 0 bridgehead atoms. The van der Waals surface area contributed by atoms with Crippen LogP contribution < -0.4 is 0 Å². The fraction of sp³-hybridized carbons (Fsp3) is 0.300. The predicted molar refractivity (Wildman–Crippen MR) is 93.9 cm³/mol. The van der Waals surface area contributed by atoms with Crippen LogP contribution in [-0.2, 0) is 16.0 Å². The first kappa shape index (κ1) is 16.9. The molecule has 3 heteroatoms. The first-order chi connectivity index (χ1) is 11.1. The number of benzene rings is 2. The summed E-state index contributed by atoms with van der Waals surface area (Å²) in [5.41, 5.74) is 3.24. The zero-order valence-electron chi connectivity index (χ0n) is 13.9. The maximum atomic E-state index is 12.4. The maximum absolute atomic E-state index is 12.4. The Balaban J connectivity index is 2.19. The highest BCUT2D eigenvalue weighted by atomic mass is 16.5. The molecule has 0 N–H and O–H groups in total. The summed E-state index contributed by atoms with van der Waals surface area (Å²) in [6, 6.07) is 17.3. The van der Waals surface area contributed by atoms with E-state index in [0.717, 1.165) is 16.7 Å². The van der Waals surface area contributed by atoms with Gasteiger partial charge in [0.15, 0.2) is 6.04 Å². The summed E-state index contributed by atoms with van der Waals surface area (Å²) in [5.74, 6) is -0.282. The first-order valence-corrected chi connectivity index (χ1v) is 7.89. The van der Waals surface area contributed by atoms with E-state index >= 15 is 0 Å². The Morgan fingerprint density at radius 1 is 1.09 bits per heavy atom. The van der Waals surface area contributed by atoms with E-state index < -0.39 is 6.04 Å². The van der Waals surface area contributed by atoms with Crippen LogP contribution in [0, 0.1) is 6.92 Å². The van der Waals surface area contributed by atoms with Gasteiger partial charge in [0, 0.05) is 12.6 Å². The van der Waals surface area contributed by atoms with Crippen LogP contribution in [0.2, 0.25) is 0 Å².